The molecule has 6 heteroatoms. The normalized spacial score (nSPS) is 12.5. The number of unbranched alkanes of at least 4 members (excludes halogenated alkanes) is 9. The van der Waals surface area contributed by atoms with Gasteiger partial charge in [0.1, 0.15) is 0 Å². The van der Waals surface area contributed by atoms with Crippen LogP contribution in [0.5, 0.6) is 0 Å². The molecule has 0 saturated heterocycles. The molecular weight excluding hydrogens is 390 g/mol. The van der Waals surface area contributed by atoms with Gasteiger partial charge in [-0.25, -0.2) is 0 Å². The minimum atomic E-state index is -1.10. The zero-order chi connectivity index (χ0) is 18.5. The molecule has 2 nitrogen and oxygen atoms in total. The fourth-order valence-corrected chi connectivity index (χ4v) is 3.56. The molecule has 0 aromatic heterocycles. The molecule has 0 aliphatic carbocycles. The monoisotopic (exact) mass is 420 g/mol. The summed E-state index contributed by atoms with van der Waals surface area (Å²) in [6.45, 7) is 2.13. The van der Waals surface area contributed by atoms with Crippen molar-refractivity contribution < 1.29 is 9.90 Å². The van der Waals surface area contributed by atoms with Gasteiger partial charge in [-0.15, -0.1) is 0 Å². The molecule has 0 fully saturated rings. The van der Waals surface area contributed by atoms with E-state index in [4.69, 9.17) is 51.5 Å². The zero-order valence-corrected chi connectivity index (χ0v) is 17.8. The molecule has 144 valence electrons. The molecule has 0 aliphatic rings. The van der Waals surface area contributed by atoms with E-state index in [2.05, 4.69) is 6.92 Å². The average molecular weight is 422 g/mol. The topological polar surface area (TPSA) is 37.3 Å². The van der Waals surface area contributed by atoms with E-state index in [0.29, 0.717) is 12.8 Å². The molecule has 0 saturated carbocycles. The molecule has 0 radical (unpaired) electrons. The van der Waals surface area contributed by atoms with Crippen LogP contribution in [0.1, 0.15) is 96.8 Å². The summed E-state index contributed by atoms with van der Waals surface area (Å²) in [5.41, 5.74) is 0. The van der Waals surface area contributed by atoms with E-state index in [-0.39, 0.29) is 6.42 Å². The molecule has 1 N–H and O–H groups in total. The van der Waals surface area contributed by atoms with Gasteiger partial charge in [-0.2, -0.15) is 0 Å². The van der Waals surface area contributed by atoms with Gasteiger partial charge in [-0.1, -0.05) is 118 Å². The number of halogens is 4. The molecule has 0 aliphatic heterocycles. The summed E-state index contributed by atoms with van der Waals surface area (Å²) in [4.78, 5) is 10.4. The first kappa shape index (κ1) is 24.6. The maximum absolute atomic E-state index is 10.4. The third-order valence-corrected chi connectivity index (χ3v) is 6.69. The number of hydrogen-bond acceptors (Lipinski definition) is 1. The van der Waals surface area contributed by atoms with Crippen LogP contribution < -0.4 is 0 Å². The Morgan fingerprint density at radius 3 is 1.50 bits per heavy atom. The lowest BCUT2D eigenvalue weighted by Crippen LogP contribution is -2.36. The van der Waals surface area contributed by atoms with Gasteiger partial charge in [0, 0.05) is 6.42 Å². The Morgan fingerprint density at radius 1 is 0.708 bits per heavy atom. The molecule has 0 amide bonds. The van der Waals surface area contributed by atoms with Gasteiger partial charge in [0.25, 0.3) is 0 Å². The molecule has 0 rings (SSSR count). The fourth-order valence-electron chi connectivity index (χ4n) is 2.65. The average Bonchev–Trinajstić information content (AvgIpc) is 2.48. The predicted octanol–water partition coefficient (Wildman–Crippen LogP) is 7.90. The minimum Gasteiger partial charge on any atom is -0.481 e. The fraction of sp³-hybridized carbons (Fsp3) is 0.944. The highest BCUT2D eigenvalue weighted by atomic mass is 35.5. The van der Waals surface area contributed by atoms with Crippen LogP contribution in [0.3, 0.4) is 0 Å². The molecule has 0 bridgehead atoms. The molecule has 0 atom stereocenters. The van der Waals surface area contributed by atoms with Crippen LogP contribution in [0.15, 0.2) is 0 Å². The lowest BCUT2D eigenvalue weighted by atomic mass is 10.0. The second-order valence-electron chi connectivity index (χ2n) is 6.59. The Hall–Kier alpha value is 0.630. The number of carboxylic acids is 1. The second kappa shape index (κ2) is 13.8. The smallest absolute Gasteiger partial charge is 0.303 e. The largest absolute Gasteiger partial charge is 0.481 e. The Morgan fingerprint density at radius 2 is 1.08 bits per heavy atom. The number of rotatable bonds is 16. The Balaban J connectivity index is 3.68. The molecular formula is C18H32Cl4O2. The third kappa shape index (κ3) is 12.1. The van der Waals surface area contributed by atoms with E-state index in [1.165, 1.54) is 0 Å². The highest BCUT2D eigenvalue weighted by molar-refractivity contribution is 6.62. The third-order valence-electron chi connectivity index (χ3n) is 4.26. The molecule has 24 heavy (non-hydrogen) atoms. The van der Waals surface area contributed by atoms with Crippen LogP contribution in [0, 0.1) is 0 Å². The van der Waals surface area contributed by atoms with Crippen molar-refractivity contribution in [3.63, 3.8) is 0 Å². The van der Waals surface area contributed by atoms with Crippen molar-refractivity contribution >= 4 is 52.4 Å². The van der Waals surface area contributed by atoms with Crippen LogP contribution >= 0.6 is 46.4 Å². The van der Waals surface area contributed by atoms with Crippen molar-refractivity contribution in [1.29, 1.82) is 0 Å². The minimum absolute atomic E-state index is 0.282. The SMILES string of the molecule is CCCCCC(Cl)(Cl)C(Cl)(Cl)CCCCCCCCCCC(=O)O. The first-order valence-electron chi connectivity index (χ1n) is 9.20. The van der Waals surface area contributed by atoms with Crippen LogP contribution in [-0.4, -0.2) is 19.7 Å². The summed E-state index contributed by atoms with van der Waals surface area (Å²) in [5, 5.41) is 8.56. The Labute approximate surface area is 167 Å². The quantitative estimate of drug-likeness (QED) is 0.203. The van der Waals surface area contributed by atoms with Gasteiger partial charge in [-0.3, -0.25) is 4.79 Å². The van der Waals surface area contributed by atoms with Crippen LogP contribution in [0.2, 0.25) is 0 Å². The van der Waals surface area contributed by atoms with Crippen molar-refractivity contribution in [1.82, 2.24) is 0 Å². The lowest BCUT2D eigenvalue weighted by Gasteiger charge is -2.33. The van der Waals surface area contributed by atoms with Gasteiger partial charge in [-0.05, 0) is 19.3 Å². The number of alkyl halides is 4. The molecule has 0 heterocycles. The summed E-state index contributed by atoms with van der Waals surface area (Å²) in [6, 6.07) is 0. The first-order valence-corrected chi connectivity index (χ1v) is 10.7. The van der Waals surface area contributed by atoms with Gasteiger partial charge >= 0.3 is 5.97 Å². The van der Waals surface area contributed by atoms with Crippen molar-refractivity contribution in [2.45, 2.75) is 105 Å². The summed E-state index contributed by atoms with van der Waals surface area (Å²) in [5.74, 6) is -0.704. The molecule has 0 unspecified atom stereocenters. The van der Waals surface area contributed by atoms with Crippen molar-refractivity contribution in [3.8, 4) is 0 Å². The van der Waals surface area contributed by atoms with Gasteiger partial charge in [0.05, 0.1) is 0 Å². The number of carboxylic acid groups (broad SMARTS) is 1. The van der Waals surface area contributed by atoms with E-state index in [1.54, 1.807) is 0 Å². The van der Waals surface area contributed by atoms with E-state index in [1.807, 2.05) is 0 Å². The lowest BCUT2D eigenvalue weighted by molar-refractivity contribution is -0.137. The maximum atomic E-state index is 10.4. The second-order valence-corrected chi connectivity index (χ2v) is 9.56. The summed E-state index contributed by atoms with van der Waals surface area (Å²) in [6.07, 6.45) is 12.9. The van der Waals surface area contributed by atoms with Crippen LogP contribution in [0.4, 0.5) is 0 Å². The summed E-state index contributed by atoms with van der Waals surface area (Å²) in [7, 11) is 0. The van der Waals surface area contributed by atoms with Crippen LogP contribution in [-0.2, 0) is 4.79 Å². The van der Waals surface area contributed by atoms with E-state index in [9.17, 15) is 4.79 Å². The van der Waals surface area contributed by atoms with Gasteiger partial charge < -0.3 is 5.11 Å². The van der Waals surface area contributed by atoms with E-state index in [0.717, 1.165) is 70.6 Å². The highest BCUT2D eigenvalue weighted by Gasteiger charge is 2.45. The predicted molar refractivity (Wildman–Crippen MR) is 107 cm³/mol. The van der Waals surface area contributed by atoms with Crippen molar-refractivity contribution in [2.75, 3.05) is 0 Å². The zero-order valence-electron chi connectivity index (χ0n) is 14.8. The molecule has 0 aromatic rings. The van der Waals surface area contributed by atoms with Crippen LogP contribution in [0.25, 0.3) is 0 Å². The Bertz CT molecular complexity index is 333. The number of aliphatic carboxylic acids is 1. The first-order chi connectivity index (χ1) is 11.2. The number of hydrogen-bond donors (Lipinski definition) is 1. The van der Waals surface area contributed by atoms with Gasteiger partial charge in [0.15, 0.2) is 8.67 Å². The molecule has 0 aromatic carbocycles. The maximum Gasteiger partial charge on any atom is 0.303 e. The summed E-state index contributed by atoms with van der Waals surface area (Å²) < 4.78 is -2.18. The Kier molecular flexibility index (Phi) is 14.1. The van der Waals surface area contributed by atoms with Crippen molar-refractivity contribution in [3.05, 3.63) is 0 Å². The van der Waals surface area contributed by atoms with E-state index >= 15 is 0 Å². The standard InChI is InChI=1S/C18H32Cl4O2/c1-2-3-11-14-17(19,20)18(21,22)15-12-9-7-5-4-6-8-10-13-16(23)24/h2-15H2,1H3,(H,23,24). The van der Waals surface area contributed by atoms with E-state index < -0.39 is 14.6 Å². The summed E-state index contributed by atoms with van der Waals surface area (Å²) >= 11 is 25.5. The number of carbonyl (C=O) groups is 1. The van der Waals surface area contributed by atoms with Gasteiger partial charge in [0.2, 0.25) is 0 Å². The molecule has 0 spiro atoms. The highest BCUT2D eigenvalue weighted by Crippen LogP contribution is 2.49. The van der Waals surface area contributed by atoms with Crippen molar-refractivity contribution in [2.24, 2.45) is 0 Å².